The van der Waals surface area contributed by atoms with Crippen molar-refractivity contribution in [2.75, 3.05) is 0 Å². The van der Waals surface area contributed by atoms with Crippen molar-refractivity contribution in [1.29, 1.82) is 0 Å². The van der Waals surface area contributed by atoms with E-state index in [9.17, 15) is 9.90 Å². The summed E-state index contributed by atoms with van der Waals surface area (Å²) in [4.78, 5) is 24.6. The molecule has 0 bridgehead atoms. The molecule has 6 nitrogen and oxygen atoms in total. The fourth-order valence-electron chi connectivity index (χ4n) is 2.95. The van der Waals surface area contributed by atoms with Crippen molar-refractivity contribution in [2.24, 2.45) is 4.99 Å². The number of imidazole rings is 1. The molecule has 0 unspecified atom stereocenters. The van der Waals surface area contributed by atoms with E-state index in [0.717, 1.165) is 12.8 Å². The summed E-state index contributed by atoms with van der Waals surface area (Å²) in [5, 5.41) is 10.6. The van der Waals surface area contributed by atoms with Crippen molar-refractivity contribution in [1.82, 2.24) is 14.5 Å². The summed E-state index contributed by atoms with van der Waals surface area (Å²) in [5.74, 6) is -0.371. The van der Waals surface area contributed by atoms with Crippen molar-refractivity contribution in [2.45, 2.75) is 32.7 Å². The minimum absolute atomic E-state index is 0.0391. The van der Waals surface area contributed by atoms with Gasteiger partial charge in [-0.3, -0.25) is 9.36 Å². The highest BCUT2D eigenvalue weighted by Crippen LogP contribution is 2.32. The van der Waals surface area contributed by atoms with Gasteiger partial charge in [-0.25, -0.2) is 9.98 Å². The minimum Gasteiger partial charge on any atom is -0.480 e. The highest BCUT2D eigenvalue weighted by atomic mass is 35.5. The molecule has 2 heterocycles. The number of nitrogens with zero attached hydrogens (tertiary/aromatic N) is 4. The second kappa shape index (κ2) is 7.66. The average Bonchev–Trinajstić information content (AvgIpc) is 2.99. The summed E-state index contributed by atoms with van der Waals surface area (Å²) >= 11 is 6.32. The average molecular weight is 371 g/mol. The van der Waals surface area contributed by atoms with Crippen LogP contribution in [0.1, 0.15) is 48.7 Å². The van der Waals surface area contributed by atoms with Gasteiger partial charge in [0.25, 0.3) is 11.9 Å². The van der Waals surface area contributed by atoms with Gasteiger partial charge in [0, 0.05) is 29.6 Å². The number of amides is 1. The third-order valence-electron chi connectivity index (χ3n) is 4.33. The van der Waals surface area contributed by atoms with Crippen LogP contribution >= 0.6 is 11.6 Å². The van der Waals surface area contributed by atoms with E-state index in [1.54, 1.807) is 28.8 Å². The fourth-order valence-corrected chi connectivity index (χ4v) is 3.14. The quantitative estimate of drug-likeness (QED) is 0.674. The number of halogens is 1. The molecule has 0 fully saturated rings. The van der Waals surface area contributed by atoms with Crippen molar-refractivity contribution < 1.29 is 9.90 Å². The molecule has 2 aromatic heterocycles. The van der Waals surface area contributed by atoms with E-state index in [-0.39, 0.29) is 18.0 Å². The zero-order valence-electron chi connectivity index (χ0n) is 14.6. The van der Waals surface area contributed by atoms with Gasteiger partial charge in [0.15, 0.2) is 5.65 Å². The van der Waals surface area contributed by atoms with E-state index >= 15 is 0 Å². The lowest BCUT2D eigenvalue weighted by Gasteiger charge is -2.17. The summed E-state index contributed by atoms with van der Waals surface area (Å²) in [7, 11) is 0. The largest absolute Gasteiger partial charge is 0.480 e. The summed E-state index contributed by atoms with van der Waals surface area (Å²) < 4.78 is 1.71. The van der Waals surface area contributed by atoms with Crippen molar-refractivity contribution in [3.63, 3.8) is 0 Å². The van der Waals surface area contributed by atoms with Gasteiger partial charge in [-0.1, -0.05) is 43.6 Å². The van der Waals surface area contributed by atoms with Gasteiger partial charge in [0.2, 0.25) is 0 Å². The first-order chi connectivity index (χ1) is 12.6. The molecule has 7 heteroatoms. The molecule has 0 aliphatic rings. The van der Waals surface area contributed by atoms with Crippen LogP contribution in [0.5, 0.6) is 6.01 Å². The number of carbonyl (C=O) groups excluding carboxylic acids is 1. The molecule has 1 N–H and O–H groups in total. The van der Waals surface area contributed by atoms with Gasteiger partial charge in [0.1, 0.15) is 5.52 Å². The molecule has 0 aliphatic carbocycles. The second-order valence-corrected chi connectivity index (χ2v) is 6.28. The number of hydrogen-bond acceptors (Lipinski definition) is 4. The van der Waals surface area contributed by atoms with E-state index in [0.29, 0.717) is 27.3 Å². The lowest BCUT2D eigenvalue weighted by Crippen LogP contribution is -2.08. The Bertz CT molecular complexity index is 963. The molecule has 134 valence electrons. The molecule has 0 spiro atoms. The third-order valence-corrected chi connectivity index (χ3v) is 4.63. The summed E-state index contributed by atoms with van der Waals surface area (Å²) in [6.07, 6.45) is 4.48. The molecule has 0 aliphatic heterocycles. The fraction of sp³-hybridized carbons (Fsp3) is 0.263. The van der Waals surface area contributed by atoms with Crippen LogP contribution < -0.4 is 0 Å². The van der Waals surface area contributed by atoms with Crippen LogP contribution in [0.4, 0.5) is 0 Å². The molecular weight excluding hydrogens is 352 g/mol. The molecule has 1 aromatic carbocycles. The van der Waals surface area contributed by atoms with Crippen LogP contribution in [0.3, 0.4) is 0 Å². The number of fused-ring (bicyclic) bond motifs is 1. The Hall–Kier alpha value is -2.73. The first-order valence-electron chi connectivity index (χ1n) is 8.45. The van der Waals surface area contributed by atoms with Crippen LogP contribution in [0.2, 0.25) is 5.02 Å². The SMILES string of the molecule is CCC(CC)n1c(O)nc2ncc(Cl)c(/C=N\C(=O)c3ccccc3)c21. The number of carbonyl (C=O) groups is 1. The molecule has 0 saturated heterocycles. The van der Waals surface area contributed by atoms with E-state index in [4.69, 9.17) is 11.6 Å². The molecule has 0 saturated carbocycles. The van der Waals surface area contributed by atoms with Crippen LogP contribution in [0.25, 0.3) is 11.2 Å². The standard InChI is InChI=1S/C19H19ClN4O2/c1-3-13(4-2)24-16-14(15(20)11-21-17(16)23-19(24)26)10-22-18(25)12-8-6-5-7-9-12/h5-11,13H,3-4H2,1-2H3,(H,21,23,26)/b22-10-. The Balaban J connectivity index is 2.12. The third kappa shape index (κ3) is 3.32. The normalized spacial score (nSPS) is 11.7. The molecule has 0 radical (unpaired) electrons. The van der Waals surface area contributed by atoms with Gasteiger partial charge in [-0.15, -0.1) is 0 Å². The lowest BCUT2D eigenvalue weighted by molar-refractivity contribution is 0.100. The molecule has 1 amide bonds. The number of aromatic nitrogens is 3. The van der Waals surface area contributed by atoms with Crippen molar-refractivity contribution in [3.8, 4) is 6.01 Å². The van der Waals surface area contributed by atoms with Crippen LogP contribution in [0, 0.1) is 0 Å². The summed E-state index contributed by atoms with van der Waals surface area (Å²) in [6.45, 7) is 4.06. The summed E-state index contributed by atoms with van der Waals surface area (Å²) in [5.41, 5.74) is 1.95. The van der Waals surface area contributed by atoms with E-state index in [1.807, 2.05) is 19.9 Å². The topological polar surface area (TPSA) is 80.4 Å². The van der Waals surface area contributed by atoms with E-state index in [1.165, 1.54) is 12.4 Å². The number of rotatable bonds is 5. The maximum absolute atomic E-state index is 12.3. The zero-order chi connectivity index (χ0) is 18.7. The molecule has 3 rings (SSSR count). The first-order valence-corrected chi connectivity index (χ1v) is 8.83. The Kier molecular flexibility index (Phi) is 5.32. The maximum Gasteiger partial charge on any atom is 0.296 e. The smallest absolute Gasteiger partial charge is 0.296 e. The number of aliphatic imine (C=N–C) groups is 1. The predicted molar refractivity (Wildman–Crippen MR) is 102 cm³/mol. The molecule has 3 aromatic rings. The lowest BCUT2D eigenvalue weighted by atomic mass is 10.1. The van der Waals surface area contributed by atoms with Crippen LogP contribution in [0.15, 0.2) is 41.5 Å². The number of hydrogen-bond donors (Lipinski definition) is 1. The number of pyridine rings is 1. The van der Waals surface area contributed by atoms with Gasteiger partial charge in [0.05, 0.1) is 5.02 Å². The minimum atomic E-state index is -0.371. The van der Waals surface area contributed by atoms with Gasteiger partial charge in [-0.05, 0) is 25.0 Å². The molecule has 0 atom stereocenters. The number of benzene rings is 1. The Morgan fingerprint density at radius 2 is 2.00 bits per heavy atom. The zero-order valence-corrected chi connectivity index (χ0v) is 15.3. The maximum atomic E-state index is 12.3. The van der Waals surface area contributed by atoms with Crippen molar-refractivity contribution >= 4 is 34.9 Å². The van der Waals surface area contributed by atoms with Gasteiger partial charge >= 0.3 is 0 Å². The van der Waals surface area contributed by atoms with Crippen LogP contribution in [-0.2, 0) is 0 Å². The Morgan fingerprint density at radius 1 is 1.31 bits per heavy atom. The first kappa shape index (κ1) is 18.1. The highest BCUT2D eigenvalue weighted by molar-refractivity contribution is 6.34. The monoisotopic (exact) mass is 370 g/mol. The summed E-state index contributed by atoms with van der Waals surface area (Å²) in [6, 6.07) is 8.71. The predicted octanol–water partition coefficient (Wildman–Crippen LogP) is 4.41. The van der Waals surface area contributed by atoms with Crippen LogP contribution in [-0.4, -0.2) is 31.8 Å². The van der Waals surface area contributed by atoms with Gasteiger partial charge in [-0.2, -0.15) is 4.98 Å². The Morgan fingerprint density at radius 3 is 2.65 bits per heavy atom. The van der Waals surface area contributed by atoms with Gasteiger partial charge < -0.3 is 5.11 Å². The molecule has 26 heavy (non-hydrogen) atoms. The number of aromatic hydroxyl groups is 1. The molecular formula is C19H19ClN4O2. The highest BCUT2D eigenvalue weighted by Gasteiger charge is 2.21. The Labute approximate surface area is 156 Å². The second-order valence-electron chi connectivity index (χ2n) is 5.87. The van der Waals surface area contributed by atoms with Crippen molar-refractivity contribution in [3.05, 3.63) is 52.7 Å². The van der Waals surface area contributed by atoms with E-state index < -0.39 is 0 Å². The van der Waals surface area contributed by atoms with E-state index in [2.05, 4.69) is 15.0 Å².